The molecule has 0 bridgehead atoms. The van der Waals surface area contributed by atoms with Crippen LogP contribution in [0.1, 0.15) is 5.56 Å². The molecule has 0 atom stereocenters. The Hall–Kier alpha value is -3.72. The number of fused-ring (bicyclic) bond motifs is 2. The zero-order valence-electron chi connectivity index (χ0n) is 15.0. The second-order valence-electron chi connectivity index (χ2n) is 6.65. The first kappa shape index (κ1) is 17.4. The van der Waals surface area contributed by atoms with Crippen molar-refractivity contribution in [2.45, 2.75) is 6.92 Å². The second-order valence-corrected chi connectivity index (χ2v) is 7.67. The van der Waals surface area contributed by atoms with E-state index in [0.29, 0.717) is 21.3 Å². The third kappa shape index (κ3) is 2.66. The van der Waals surface area contributed by atoms with Gasteiger partial charge in [0.2, 0.25) is 0 Å². The van der Waals surface area contributed by atoms with Gasteiger partial charge in [-0.1, -0.05) is 6.07 Å². The van der Waals surface area contributed by atoms with Crippen molar-refractivity contribution in [3.63, 3.8) is 0 Å². The number of benzene rings is 2. The summed E-state index contributed by atoms with van der Waals surface area (Å²) in [5.74, 6) is -0.452. The number of aromatic nitrogens is 4. The lowest BCUT2D eigenvalue weighted by Crippen LogP contribution is -2.33. The summed E-state index contributed by atoms with van der Waals surface area (Å²) >= 11 is 1.30. The molecule has 7 nitrogen and oxygen atoms in total. The molecule has 0 unspecified atom stereocenters. The number of hydrogen-bond donors (Lipinski definition) is 3. The van der Waals surface area contributed by atoms with Gasteiger partial charge in [-0.3, -0.25) is 9.78 Å². The van der Waals surface area contributed by atoms with Gasteiger partial charge in [0, 0.05) is 4.88 Å². The minimum atomic E-state index is -0.590. The van der Waals surface area contributed by atoms with E-state index in [4.69, 9.17) is 0 Å². The van der Waals surface area contributed by atoms with Crippen LogP contribution in [0.25, 0.3) is 37.4 Å². The molecule has 0 saturated heterocycles. The molecule has 0 aliphatic rings. The van der Waals surface area contributed by atoms with Gasteiger partial charge in [0.15, 0.2) is 0 Å². The summed E-state index contributed by atoms with van der Waals surface area (Å²) in [6, 6.07) is 10.6. The zero-order chi connectivity index (χ0) is 20.3. The molecule has 3 N–H and O–H groups in total. The Bertz CT molecular complexity index is 1590. The van der Waals surface area contributed by atoms with Gasteiger partial charge >= 0.3 is 11.4 Å². The van der Waals surface area contributed by atoms with Crippen molar-refractivity contribution in [1.82, 2.24) is 19.5 Å². The average molecular weight is 408 g/mol. The van der Waals surface area contributed by atoms with Crippen LogP contribution in [0.4, 0.5) is 4.39 Å². The van der Waals surface area contributed by atoms with Crippen LogP contribution in [0.15, 0.2) is 56.8 Å². The second kappa shape index (κ2) is 6.14. The highest BCUT2D eigenvalue weighted by atomic mass is 32.1. The van der Waals surface area contributed by atoms with Crippen LogP contribution in [0.2, 0.25) is 0 Å². The third-order valence-electron chi connectivity index (χ3n) is 4.85. The SMILES string of the molecule is Cc1c(-c2ccc3[nH]c(=O)[nH]c3c2)sc2[nH]c(=O)n(-c3ccc(F)cc3)c(=O)c12. The van der Waals surface area contributed by atoms with Gasteiger partial charge in [-0.25, -0.2) is 18.5 Å². The fraction of sp³-hybridized carbons (Fsp3) is 0.0500. The monoisotopic (exact) mass is 408 g/mol. The molecule has 5 aromatic rings. The lowest BCUT2D eigenvalue weighted by Gasteiger charge is -2.05. The normalized spacial score (nSPS) is 11.5. The first-order chi connectivity index (χ1) is 13.9. The number of imidazole rings is 1. The fourth-order valence-electron chi connectivity index (χ4n) is 3.49. The van der Waals surface area contributed by atoms with Gasteiger partial charge in [0.1, 0.15) is 10.6 Å². The molecular weight excluding hydrogens is 395 g/mol. The van der Waals surface area contributed by atoms with Crippen LogP contribution in [0.3, 0.4) is 0 Å². The highest BCUT2D eigenvalue weighted by Gasteiger charge is 2.18. The molecule has 3 aromatic heterocycles. The predicted molar refractivity (Wildman–Crippen MR) is 111 cm³/mol. The molecule has 5 rings (SSSR count). The number of H-pyrrole nitrogens is 3. The maximum Gasteiger partial charge on any atom is 0.334 e. The van der Waals surface area contributed by atoms with E-state index in [-0.39, 0.29) is 11.4 Å². The summed E-state index contributed by atoms with van der Waals surface area (Å²) < 4.78 is 14.2. The molecular formula is C20H13FN4O3S. The Kier molecular flexibility index (Phi) is 3.68. The van der Waals surface area contributed by atoms with Crippen molar-refractivity contribution in [3.05, 3.63) is 85.2 Å². The van der Waals surface area contributed by atoms with E-state index in [1.54, 1.807) is 6.07 Å². The Morgan fingerprint density at radius 3 is 2.41 bits per heavy atom. The third-order valence-corrected chi connectivity index (χ3v) is 6.11. The van der Waals surface area contributed by atoms with Crippen molar-refractivity contribution in [2.75, 3.05) is 0 Å². The van der Waals surface area contributed by atoms with E-state index in [9.17, 15) is 18.8 Å². The van der Waals surface area contributed by atoms with Crippen LogP contribution < -0.4 is 16.9 Å². The average Bonchev–Trinajstić information content (AvgIpc) is 3.21. The number of hydrogen-bond acceptors (Lipinski definition) is 4. The molecule has 144 valence electrons. The van der Waals surface area contributed by atoms with Crippen molar-refractivity contribution in [1.29, 1.82) is 0 Å². The number of nitrogens with zero attached hydrogens (tertiary/aromatic N) is 1. The number of thiophene rings is 1. The topological polar surface area (TPSA) is 104 Å². The first-order valence-electron chi connectivity index (χ1n) is 8.69. The molecule has 9 heteroatoms. The van der Waals surface area contributed by atoms with Crippen molar-refractivity contribution < 1.29 is 4.39 Å². The van der Waals surface area contributed by atoms with Crippen molar-refractivity contribution in [3.8, 4) is 16.1 Å². The summed E-state index contributed by atoms with van der Waals surface area (Å²) in [4.78, 5) is 46.6. The van der Waals surface area contributed by atoms with Crippen molar-refractivity contribution >= 4 is 32.6 Å². The van der Waals surface area contributed by atoms with E-state index in [1.165, 1.54) is 35.6 Å². The van der Waals surface area contributed by atoms with Gasteiger partial charge in [0.25, 0.3) is 5.56 Å². The summed E-state index contributed by atoms with van der Waals surface area (Å²) in [7, 11) is 0. The van der Waals surface area contributed by atoms with Crippen LogP contribution in [-0.4, -0.2) is 19.5 Å². The highest BCUT2D eigenvalue weighted by molar-refractivity contribution is 7.22. The molecule has 0 fully saturated rings. The molecule has 0 saturated carbocycles. The van der Waals surface area contributed by atoms with Crippen molar-refractivity contribution in [2.24, 2.45) is 0 Å². The summed E-state index contributed by atoms with van der Waals surface area (Å²) in [6.45, 7) is 1.81. The van der Waals surface area contributed by atoms with Gasteiger partial charge < -0.3 is 9.97 Å². The number of halogens is 1. The summed E-state index contributed by atoms with van der Waals surface area (Å²) in [5, 5.41) is 0.400. The maximum atomic E-state index is 13.2. The minimum Gasteiger partial charge on any atom is -0.306 e. The number of nitrogens with one attached hydrogen (secondary N) is 3. The van der Waals surface area contributed by atoms with Gasteiger partial charge in [-0.2, -0.15) is 0 Å². The zero-order valence-corrected chi connectivity index (χ0v) is 15.8. The fourth-order valence-corrected chi connectivity index (χ4v) is 4.67. The molecule has 0 aliphatic heterocycles. The van der Waals surface area contributed by atoms with E-state index < -0.39 is 17.1 Å². The van der Waals surface area contributed by atoms with Crippen LogP contribution in [-0.2, 0) is 0 Å². The van der Waals surface area contributed by atoms with E-state index >= 15 is 0 Å². The lowest BCUT2D eigenvalue weighted by molar-refractivity contribution is 0.627. The maximum absolute atomic E-state index is 13.2. The Labute approximate surface area is 165 Å². The molecule has 0 radical (unpaired) electrons. The molecule has 0 spiro atoms. The summed E-state index contributed by atoms with van der Waals surface area (Å²) in [5.41, 5.74) is 1.82. The van der Waals surface area contributed by atoms with Gasteiger partial charge in [-0.15, -0.1) is 11.3 Å². The first-order valence-corrected chi connectivity index (χ1v) is 9.51. The van der Waals surface area contributed by atoms with Crippen LogP contribution >= 0.6 is 11.3 Å². The number of rotatable bonds is 2. The molecule has 0 amide bonds. The predicted octanol–water partition coefficient (Wildman–Crippen LogP) is 3.02. The molecule has 29 heavy (non-hydrogen) atoms. The lowest BCUT2D eigenvalue weighted by atomic mass is 10.1. The molecule has 2 aromatic carbocycles. The van der Waals surface area contributed by atoms with Crippen LogP contribution in [0, 0.1) is 12.7 Å². The van der Waals surface area contributed by atoms with E-state index in [0.717, 1.165) is 20.6 Å². The largest absolute Gasteiger partial charge is 0.334 e. The van der Waals surface area contributed by atoms with Gasteiger partial charge in [0.05, 0.1) is 22.1 Å². The highest BCUT2D eigenvalue weighted by Crippen LogP contribution is 2.36. The number of aromatic amines is 3. The summed E-state index contributed by atoms with van der Waals surface area (Å²) in [6.07, 6.45) is 0. The van der Waals surface area contributed by atoms with Gasteiger partial charge in [-0.05, 0) is 54.4 Å². The quantitative estimate of drug-likeness (QED) is 0.418. The Morgan fingerprint density at radius 1 is 0.931 bits per heavy atom. The Morgan fingerprint density at radius 2 is 1.66 bits per heavy atom. The van der Waals surface area contributed by atoms with E-state index in [2.05, 4.69) is 15.0 Å². The van der Waals surface area contributed by atoms with E-state index in [1.807, 2.05) is 19.1 Å². The smallest absolute Gasteiger partial charge is 0.306 e. The molecule has 3 heterocycles. The number of aryl methyl sites for hydroxylation is 1. The molecule has 0 aliphatic carbocycles. The Balaban J connectivity index is 1.77. The minimum absolute atomic E-state index is 0.290. The van der Waals surface area contributed by atoms with Crippen LogP contribution in [0.5, 0.6) is 0 Å². The standard InChI is InChI=1S/C20H13FN4O3S/c1-9-15-17(24-20(28)25(18(15)26)12-5-3-11(21)4-6-12)29-16(9)10-2-7-13-14(8-10)23-19(27)22-13/h2-8H,1H3,(H,24,28)(H2,22,23,27).